The van der Waals surface area contributed by atoms with E-state index in [0.29, 0.717) is 30.6 Å². The van der Waals surface area contributed by atoms with Crippen molar-refractivity contribution in [3.05, 3.63) is 64.8 Å². The van der Waals surface area contributed by atoms with Gasteiger partial charge in [0.2, 0.25) is 0 Å². The maximum Gasteiger partial charge on any atom is 0.273 e. The van der Waals surface area contributed by atoms with E-state index in [1.165, 1.54) is 11.3 Å². The lowest BCUT2D eigenvalue weighted by molar-refractivity contribution is 0.0940. The molecule has 3 heterocycles. The minimum atomic E-state index is -0.206. The van der Waals surface area contributed by atoms with Gasteiger partial charge in [0.05, 0.1) is 11.1 Å². The molecule has 0 aliphatic carbocycles. The number of ether oxygens (including phenoxy) is 1. The number of amides is 1. The molecule has 0 spiro atoms. The highest BCUT2D eigenvalue weighted by atomic mass is 16.5. The van der Waals surface area contributed by atoms with Crippen LogP contribution in [0.2, 0.25) is 0 Å². The molecule has 1 aromatic heterocycles. The zero-order chi connectivity index (χ0) is 23.7. The van der Waals surface area contributed by atoms with Crippen LogP contribution in [0.3, 0.4) is 0 Å². The quantitative estimate of drug-likeness (QED) is 0.557. The predicted molar refractivity (Wildman–Crippen MR) is 132 cm³/mol. The Bertz CT molecular complexity index is 1190. The van der Waals surface area contributed by atoms with Crippen LogP contribution in [0, 0.1) is 13.8 Å². The average Bonchev–Trinajstić information content (AvgIpc) is 3.26. The average molecular weight is 461 g/mol. The van der Waals surface area contributed by atoms with Crippen LogP contribution in [0.4, 0.5) is 5.69 Å². The molecule has 0 unspecified atom stereocenters. The van der Waals surface area contributed by atoms with Gasteiger partial charge in [-0.3, -0.25) is 9.69 Å². The van der Waals surface area contributed by atoms with Crippen LogP contribution in [-0.2, 0) is 6.61 Å². The molecule has 2 aromatic carbocycles. The van der Waals surface area contributed by atoms with Gasteiger partial charge in [-0.1, -0.05) is 28.9 Å². The van der Waals surface area contributed by atoms with Gasteiger partial charge in [-0.05, 0) is 63.6 Å². The molecule has 1 atom stereocenters. The summed E-state index contributed by atoms with van der Waals surface area (Å²) in [5, 5.41) is 7.07. The largest absolute Gasteiger partial charge is 0.488 e. The maximum absolute atomic E-state index is 12.8. The van der Waals surface area contributed by atoms with Crippen LogP contribution in [0.5, 0.6) is 5.75 Å². The second kappa shape index (κ2) is 9.50. The van der Waals surface area contributed by atoms with Gasteiger partial charge >= 0.3 is 0 Å². The Kier molecular flexibility index (Phi) is 6.28. The Hall–Kier alpha value is -3.32. The summed E-state index contributed by atoms with van der Waals surface area (Å²) in [5.74, 6) is 1.19. The van der Waals surface area contributed by atoms with E-state index in [1.807, 2.05) is 25.1 Å². The number of hydrogen-bond acceptors (Lipinski definition) is 6. The highest BCUT2D eigenvalue weighted by molar-refractivity contribution is 5.95. The molecule has 7 heteroatoms. The summed E-state index contributed by atoms with van der Waals surface area (Å²) in [7, 11) is 0. The molecule has 3 aromatic rings. The van der Waals surface area contributed by atoms with Crippen LogP contribution in [-0.4, -0.2) is 54.7 Å². The number of aryl methyl sites for hydroxylation is 2. The van der Waals surface area contributed by atoms with Crippen molar-refractivity contribution in [2.45, 2.75) is 39.8 Å². The monoisotopic (exact) mass is 460 g/mol. The summed E-state index contributed by atoms with van der Waals surface area (Å²) in [6, 6.07) is 15.1. The zero-order valence-electron chi connectivity index (χ0n) is 20.1. The zero-order valence-corrected chi connectivity index (χ0v) is 20.1. The van der Waals surface area contributed by atoms with Crippen molar-refractivity contribution in [3.8, 4) is 17.1 Å². The topological polar surface area (TPSA) is 70.8 Å². The fraction of sp³-hybridized carbons (Fsp3) is 0.407. The number of anilines is 1. The molecule has 0 radical (unpaired) electrons. The van der Waals surface area contributed by atoms with Crippen molar-refractivity contribution in [2.24, 2.45) is 0 Å². The highest BCUT2D eigenvalue weighted by Crippen LogP contribution is 2.39. The number of fused-ring (bicyclic) bond motifs is 3. The standard InChI is InChI=1S/C27H32N4O3/c1-18-6-4-7-21(14-18)31-13-12-30(16-20(31)3)11-5-10-28-27(32)25-23-17-33-24-9-8-19(2)15-22(24)26(23)34-29-25/h4,6-9,14-15,20H,5,10-13,16-17H2,1-3H3,(H,28,32)/t20-/m1/s1. The first-order valence-electron chi connectivity index (χ1n) is 12.1. The summed E-state index contributed by atoms with van der Waals surface area (Å²) in [5.41, 5.74) is 5.59. The Balaban J connectivity index is 1.11. The molecule has 7 nitrogen and oxygen atoms in total. The molecule has 1 saturated heterocycles. The normalized spacial score (nSPS) is 17.6. The first kappa shape index (κ1) is 22.5. The molecule has 34 heavy (non-hydrogen) atoms. The smallest absolute Gasteiger partial charge is 0.273 e. The minimum Gasteiger partial charge on any atom is -0.488 e. The number of nitrogens with one attached hydrogen (secondary N) is 1. The fourth-order valence-corrected chi connectivity index (χ4v) is 4.94. The van der Waals surface area contributed by atoms with E-state index >= 15 is 0 Å². The van der Waals surface area contributed by atoms with Crippen LogP contribution in [0.15, 0.2) is 47.0 Å². The van der Waals surface area contributed by atoms with E-state index < -0.39 is 0 Å². The van der Waals surface area contributed by atoms with Gasteiger partial charge < -0.3 is 19.5 Å². The number of piperazine rings is 1. The van der Waals surface area contributed by atoms with Crippen molar-refractivity contribution < 1.29 is 14.1 Å². The minimum absolute atomic E-state index is 0.206. The Morgan fingerprint density at radius 1 is 1.15 bits per heavy atom. The Morgan fingerprint density at radius 3 is 2.82 bits per heavy atom. The van der Waals surface area contributed by atoms with E-state index in [2.05, 4.69) is 58.4 Å². The Morgan fingerprint density at radius 2 is 2.00 bits per heavy atom. The van der Waals surface area contributed by atoms with Crippen molar-refractivity contribution in [1.29, 1.82) is 0 Å². The SMILES string of the molecule is Cc1cccc(N2CCN(CCCNC(=O)c3noc4c3COc3ccc(C)cc3-4)C[C@H]2C)c1. The van der Waals surface area contributed by atoms with E-state index in [9.17, 15) is 4.79 Å². The van der Waals surface area contributed by atoms with E-state index in [-0.39, 0.29) is 5.91 Å². The van der Waals surface area contributed by atoms with Crippen molar-refractivity contribution in [1.82, 2.24) is 15.4 Å². The lowest BCUT2D eigenvalue weighted by atomic mass is 10.0. The number of hydrogen-bond donors (Lipinski definition) is 1. The van der Waals surface area contributed by atoms with Gasteiger partial charge in [-0.15, -0.1) is 0 Å². The van der Waals surface area contributed by atoms with Crippen LogP contribution in [0.1, 0.15) is 40.5 Å². The van der Waals surface area contributed by atoms with Crippen LogP contribution in [0.25, 0.3) is 11.3 Å². The molecule has 5 rings (SSSR count). The first-order valence-corrected chi connectivity index (χ1v) is 12.1. The summed E-state index contributed by atoms with van der Waals surface area (Å²) in [4.78, 5) is 17.7. The molecule has 1 fully saturated rings. The predicted octanol–water partition coefficient (Wildman–Crippen LogP) is 4.18. The Labute approximate surface area is 200 Å². The van der Waals surface area contributed by atoms with Gasteiger partial charge in [-0.25, -0.2) is 0 Å². The fourth-order valence-electron chi connectivity index (χ4n) is 4.94. The molecule has 0 bridgehead atoms. The number of carbonyl (C=O) groups excluding carboxylic acids is 1. The third kappa shape index (κ3) is 4.53. The molecule has 1 amide bonds. The maximum atomic E-state index is 12.8. The summed E-state index contributed by atoms with van der Waals surface area (Å²) >= 11 is 0. The van der Waals surface area contributed by atoms with E-state index in [4.69, 9.17) is 9.26 Å². The summed E-state index contributed by atoms with van der Waals surface area (Å²) in [6.45, 7) is 11.4. The van der Waals surface area contributed by atoms with Gasteiger partial charge in [-0.2, -0.15) is 0 Å². The molecular weight excluding hydrogens is 428 g/mol. The van der Waals surface area contributed by atoms with Gasteiger partial charge in [0.15, 0.2) is 11.5 Å². The molecule has 0 saturated carbocycles. The third-order valence-corrected chi connectivity index (χ3v) is 6.74. The van der Waals surface area contributed by atoms with E-state index in [1.54, 1.807) is 0 Å². The molecular formula is C27H32N4O3. The van der Waals surface area contributed by atoms with Gasteiger partial charge in [0.1, 0.15) is 12.4 Å². The highest BCUT2D eigenvalue weighted by Gasteiger charge is 2.29. The van der Waals surface area contributed by atoms with Gasteiger partial charge in [0.25, 0.3) is 5.91 Å². The molecule has 1 N–H and O–H groups in total. The van der Waals surface area contributed by atoms with Crippen molar-refractivity contribution in [3.63, 3.8) is 0 Å². The van der Waals surface area contributed by atoms with Gasteiger partial charge in [0, 0.05) is 37.9 Å². The van der Waals surface area contributed by atoms with Crippen LogP contribution < -0.4 is 15.0 Å². The second-order valence-corrected chi connectivity index (χ2v) is 9.42. The number of aromatic nitrogens is 1. The molecule has 178 valence electrons. The molecule has 2 aliphatic rings. The van der Waals surface area contributed by atoms with Crippen LogP contribution >= 0.6 is 0 Å². The lowest BCUT2D eigenvalue weighted by Crippen LogP contribution is -2.52. The summed E-state index contributed by atoms with van der Waals surface area (Å²) < 4.78 is 11.4. The number of nitrogens with zero attached hydrogens (tertiary/aromatic N) is 3. The number of benzene rings is 2. The van der Waals surface area contributed by atoms with E-state index in [0.717, 1.165) is 55.0 Å². The third-order valence-electron chi connectivity index (χ3n) is 6.74. The summed E-state index contributed by atoms with van der Waals surface area (Å²) in [6.07, 6.45) is 0.890. The van der Waals surface area contributed by atoms with Crippen molar-refractivity contribution in [2.75, 3.05) is 37.6 Å². The number of carbonyl (C=O) groups is 1. The first-order chi connectivity index (χ1) is 16.5. The lowest BCUT2D eigenvalue weighted by Gasteiger charge is -2.41. The number of rotatable bonds is 6. The molecule has 2 aliphatic heterocycles. The van der Waals surface area contributed by atoms with Crippen molar-refractivity contribution >= 4 is 11.6 Å². The second-order valence-electron chi connectivity index (χ2n) is 9.42.